The zero-order chi connectivity index (χ0) is 21.8. The average molecular weight is 425 g/mol. The number of rotatable bonds is 5. The highest BCUT2D eigenvalue weighted by atomic mass is 19.1. The Kier molecular flexibility index (Phi) is 4.42. The van der Waals surface area contributed by atoms with Gasteiger partial charge in [0.05, 0.1) is 30.2 Å². The van der Waals surface area contributed by atoms with Crippen LogP contribution in [0.25, 0.3) is 11.2 Å². The van der Waals surface area contributed by atoms with E-state index in [-0.39, 0.29) is 12.5 Å². The van der Waals surface area contributed by atoms with Crippen LogP contribution in [0.15, 0.2) is 36.7 Å². The third-order valence-electron chi connectivity index (χ3n) is 5.71. The van der Waals surface area contributed by atoms with Crippen LogP contribution in [0.4, 0.5) is 13.2 Å². The smallest absolute Gasteiger partial charge is 0.177 e. The summed E-state index contributed by atoms with van der Waals surface area (Å²) in [6, 6.07) is 4.77. The molecule has 31 heavy (non-hydrogen) atoms. The zero-order valence-electron chi connectivity index (χ0n) is 16.8. The summed E-state index contributed by atoms with van der Waals surface area (Å²) in [5, 5.41) is 0. The van der Waals surface area contributed by atoms with Crippen LogP contribution < -0.4 is 4.74 Å². The number of imidazole rings is 1. The summed E-state index contributed by atoms with van der Waals surface area (Å²) in [7, 11) is 0. The molecule has 4 aromatic rings. The van der Waals surface area contributed by atoms with E-state index < -0.39 is 22.9 Å². The van der Waals surface area contributed by atoms with E-state index in [2.05, 4.69) is 24.9 Å². The standard InChI is InChI=1S/C22H18F3N5O/c1-11-19(9-26-12(2)28-11)31-10-22(13-3-14(23)5-15(24)4-13)7-17(22)20-29-18-6-16(25)8-27-21(18)30-20/h3-6,8-9,17H,7,10H2,1-2H3,(H,27,29,30)/t17-,22?/m0/s1. The fraction of sp³-hybridized carbons (Fsp3) is 0.273. The molecule has 0 aliphatic heterocycles. The Morgan fingerprint density at radius 2 is 1.77 bits per heavy atom. The first-order valence-corrected chi connectivity index (χ1v) is 9.75. The van der Waals surface area contributed by atoms with Gasteiger partial charge in [-0.2, -0.15) is 0 Å². The van der Waals surface area contributed by atoms with Crippen molar-refractivity contribution in [2.75, 3.05) is 6.61 Å². The van der Waals surface area contributed by atoms with Crippen molar-refractivity contribution in [3.8, 4) is 5.75 Å². The van der Waals surface area contributed by atoms with Crippen LogP contribution in [0.1, 0.15) is 35.2 Å². The van der Waals surface area contributed by atoms with E-state index in [0.29, 0.717) is 46.2 Å². The van der Waals surface area contributed by atoms with E-state index >= 15 is 0 Å². The molecule has 1 aliphatic carbocycles. The van der Waals surface area contributed by atoms with Gasteiger partial charge in [0.25, 0.3) is 0 Å². The van der Waals surface area contributed by atoms with Crippen molar-refractivity contribution in [2.45, 2.75) is 31.6 Å². The monoisotopic (exact) mass is 425 g/mol. The summed E-state index contributed by atoms with van der Waals surface area (Å²) in [4.78, 5) is 20.0. The van der Waals surface area contributed by atoms with E-state index in [1.807, 2.05) is 6.92 Å². The highest BCUT2D eigenvalue weighted by Gasteiger charge is 2.58. The van der Waals surface area contributed by atoms with Gasteiger partial charge in [-0.3, -0.25) is 0 Å². The van der Waals surface area contributed by atoms with Crippen molar-refractivity contribution >= 4 is 11.2 Å². The third-order valence-corrected chi connectivity index (χ3v) is 5.71. The molecule has 9 heteroatoms. The minimum absolute atomic E-state index is 0.145. The second-order valence-corrected chi connectivity index (χ2v) is 7.87. The summed E-state index contributed by atoms with van der Waals surface area (Å²) in [6.07, 6.45) is 3.23. The Morgan fingerprint density at radius 3 is 2.52 bits per heavy atom. The molecule has 1 fully saturated rings. The number of halogens is 3. The maximum absolute atomic E-state index is 14.0. The maximum Gasteiger partial charge on any atom is 0.177 e. The fourth-order valence-electron chi connectivity index (χ4n) is 4.05. The number of aryl methyl sites for hydroxylation is 2. The number of H-pyrrole nitrogens is 1. The van der Waals surface area contributed by atoms with E-state index in [9.17, 15) is 13.2 Å². The minimum Gasteiger partial charge on any atom is -0.489 e. The Hall–Kier alpha value is -3.49. The van der Waals surface area contributed by atoms with Gasteiger partial charge in [-0.25, -0.2) is 33.1 Å². The molecule has 1 N–H and O–H groups in total. The fourth-order valence-corrected chi connectivity index (χ4v) is 4.05. The number of fused-ring (bicyclic) bond motifs is 1. The second-order valence-electron chi connectivity index (χ2n) is 7.87. The number of hydrogen-bond acceptors (Lipinski definition) is 5. The number of pyridine rings is 1. The van der Waals surface area contributed by atoms with Crippen molar-refractivity contribution in [1.82, 2.24) is 24.9 Å². The van der Waals surface area contributed by atoms with Crippen molar-refractivity contribution in [3.05, 3.63) is 77.0 Å². The molecule has 1 saturated carbocycles. The lowest BCUT2D eigenvalue weighted by molar-refractivity contribution is 0.269. The van der Waals surface area contributed by atoms with Gasteiger partial charge in [0.1, 0.15) is 29.1 Å². The highest BCUT2D eigenvalue weighted by Crippen LogP contribution is 2.60. The first-order valence-electron chi connectivity index (χ1n) is 9.75. The number of nitrogens with one attached hydrogen (secondary N) is 1. The molecule has 6 nitrogen and oxygen atoms in total. The van der Waals surface area contributed by atoms with Gasteiger partial charge in [-0.05, 0) is 38.0 Å². The summed E-state index contributed by atoms with van der Waals surface area (Å²) in [6.45, 7) is 3.73. The Labute approximate surface area is 175 Å². The lowest BCUT2D eigenvalue weighted by atomic mass is 9.93. The zero-order valence-corrected chi connectivity index (χ0v) is 16.8. The van der Waals surface area contributed by atoms with Crippen LogP contribution in [-0.2, 0) is 5.41 Å². The van der Waals surface area contributed by atoms with Crippen LogP contribution in [0.5, 0.6) is 5.75 Å². The van der Waals surface area contributed by atoms with E-state index in [0.717, 1.165) is 12.3 Å². The highest BCUT2D eigenvalue weighted by molar-refractivity contribution is 5.70. The predicted octanol–water partition coefficient (Wildman–Crippen LogP) is 4.29. The first-order chi connectivity index (χ1) is 14.8. The second kappa shape index (κ2) is 7.04. The molecule has 2 atom stereocenters. The van der Waals surface area contributed by atoms with Crippen molar-refractivity contribution in [1.29, 1.82) is 0 Å². The molecule has 0 amide bonds. The topological polar surface area (TPSA) is 76.6 Å². The third kappa shape index (κ3) is 3.49. The molecule has 0 spiro atoms. The summed E-state index contributed by atoms with van der Waals surface area (Å²) in [5.41, 5.74) is 1.28. The van der Waals surface area contributed by atoms with Crippen LogP contribution in [-0.4, -0.2) is 31.5 Å². The van der Waals surface area contributed by atoms with Gasteiger partial charge in [-0.1, -0.05) is 0 Å². The first kappa shape index (κ1) is 19.5. The molecular weight excluding hydrogens is 407 g/mol. The predicted molar refractivity (Wildman–Crippen MR) is 106 cm³/mol. The molecule has 1 aliphatic rings. The quantitative estimate of drug-likeness (QED) is 0.516. The molecule has 1 aromatic carbocycles. The molecule has 3 heterocycles. The molecular formula is C22H18F3N5O. The van der Waals surface area contributed by atoms with E-state index in [4.69, 9.17) is 4.74 Å². The summed E-state index contributed by atoms with van der Waals surface area (Å²) >= 11 is 0. The average Bonchev–Trinajstić information content (AvgIpc) is 3.30. The van der Waals surface area contributed by atoms with Gasteiger partial charge >= 0.3 is 0 Å². The minimum atomic E-state index is -0.716. The largest absolute Gasteiger partial charge is 0.489 e. The van der Waals surface area contributed by atoms with Crippen molar-refractivity contribution < 1.29 is 17.9 Å². The van der Waals surface area contributed by atoms with E-state index in [1.54, 1.807) is 13.1 Å². The lowest BCUT2D eigenvalue weighted by Gasteiger charge is -2.19. The van der Waals surface area contributed by atoms with Crippen LogP contribution in [0.3, 0.4) is 0 Å². The molecule has 0 bridgehead atoms. The number of nitrogens with zero attached hydrogens (tertiary/aromatic N) is 4. The molecule has 3 aromatic heterocycles. The number of ether oxygens (including phenoxy) is 1. The van der Waals surface area contributed by atoms with Crippen molar-refractivity contribution in [3.63, 3.8) is 0 Å². The van der Waals surface area contributed by atoms with Crippen molar-refractivity contribution in [2.24, 2.45) is 0 Å². The van der Waals surface area contributed by atoms with Crippen LogP contribution in [0, 0.1) is 31.3 Å². The van der Waals surface area contributed by atoms with E-state index in [1.165, 1.54) is 18.2 Å². The van der Waals surface area contributed by atoms with Crippen LogP contribution in [0.2, 0.25) is 0 Å². The maximum atomic E-state index is 14.0. The SMILES string of the molecule is Cc1ncc(OCC2(c3cc(F)cc(F)c3)C[C@H]2c2nc3ncc(F)cc3[nH]2)c(C)n1. The van der Waals surface area contributed by atoms with Gasteiger partial charge in [-0.15, -0.1) is 0 Å². The Balaban J connectivity index is 1.52. The van der Waals surface area contributed by atoms with Crippen LogP contribution >= 0.6 is 0 Å². The summed E-state index contributed by atoms with van der Waals surface area (Å²) in [5.74, 6) is -0.323. The number of benzene rings is 1. The molecule has 0 radical (unpaired) electrons. The molecule has 158 valence electrons. The van der Waals surface area contributed by atoms with Gasteiger partial charge < -0.3 is 9.72 Å². The number of hydrogen-bond donors (Lipinski definition) is 1. The number of aromatic amines is 1. The molecule has 1 unspecified atom stereocenters. The molecule has 5 rings (SSSR count). The van der Waals surface area contributed by atoms with Gasteiger partial charge in [0.15, 0.2) is 11.4 Å². The normalized spacial score (nSPS) is 20.2. The Bertz CT molecular complexity index is 1290. The number of aromatic nitrogens is 5. The Morgan fingerprint density at radius 1 is 1.00 bits per heavy atom. The lowest BCUT2D eigenvalue weighted by Crippen LogP contribution is -2.21. The molecule has 0 saturated heterocycles. The summed E-state index contributed by atoms with van der Waals surface area (Å²) < 4.78 is 47.6. The van der Waals surface area contributed by atoms with Gasteiger partial charge in [0, 0.05) is 23.5 Å². The van der Waals surface area contributed by atoms with Gasteiger partial charge in [0.2, 0.25) is 0 Å².